The highest BCUT2D eigenvalue weighted by molar-refractivity contribution is 9.10. The molecule has 2 unspecified atom stereocenters. The molecule has 18 heavy (non-hydrogen) atoms. The number of tetrazole rings is 1. The van der Waals surface area contributed by atoms with Gasteiger partial charge in [-0.15, -0.1) is 10.2 Å². The fourth-order valence-electron chi connectivity index (χ4n) is 2.31. The van der Waals surface area contributed by atoms with Gasteiger partial charge in [0.15, 0.2) is 0 Å². The molecule has 2 heterocycles. The van der Waals surface area contributed by atoms with E-state index in [1.807, 2.05) is 6.07 Å². The van der Waals surface area contributed by atoms with E-state index in [0.717, 1.165) is 17.3 Å². The monoisotopic (exact) mass is 308 g/mol. The molecule has 94 valence electrons. The summed E-state index contributed by atoms with van der Waals surface area (Å²) >= 11 is 3.59. The van der Waals surface area contributed by atoms with Gasteiger partial charge >= 0.3 is 0 Å². The molecule has 1 N–H and O–H groups in total. The molecular weight excluding hydrogens is 296 g/mol. The van der Waals surface area contributed by atoms with Crippen molar-refractivity contribution < 1.29 is 4.74 Å². The first kappa shape index (κ1) is 11.8. The quantitative estimate of drug-likeness (QED) is 0.926. The van der Waals surface area contributed by atoms with E-state index in [1.165, 1.54) is 5.56 Å². The summed E-state index contributed by atoms with van der Waals surface area (Å²) in [5, 5.41) is 14.0. The second-order valence-corrected chi connectivity index (χ2v) is 5.24. The highest BCUT2D eigenvalue weighted by Gasteiger charge is 2.27. The number of aromatic nitrogens is 4. The Hall–Kier alpha value is -1.27. The molecular formula is C12H13BrN4O. The van der Waals surface area contributed by atoms with E-state index >= 15 is 0 Å². The molecule has 2 aromatic rings. The lowest BCUT2D eigenvalue weighted by Gasteiger charge is -2.28. The number of aromatic amines is 1. The molecule has 0 bridgehead atoms. The van der Waals surface area contributed by atoms with Gasteiger partial charge in [0.25, 0.3) is 0 Å². The number of benzene rings is 1. The van der Waals surface area contributed by atoms with Gasteiger partial charge in [0.1, 0.15) is 6.10 Å². The van der Waals surface area contributed by atoms with Crippen molar-refractivity contribution in [3.05, 3.63) is 40.1 Å². The number of hydrogen-bond acceptors (Lipinski definition) is 4. The summed E-state index contributed by atoms with van der Waals surface area (Å²) in [6.45, 7) is 0.696. The van der Waals surface area contributed by atoms with Crippen molar-refractivity contribution in [3.8, 4) is 0 Å². The van der Waals surface area contributed by atoms with Crippen LogP contribution >= 0.6 is 15.9 Å². The summed E-state index contributed by atoms with van der Waals surface area (Å²) in [4.78, 5) is 0. The van der Waals surface area contributed by atoms with Crippen molar-refractivity contribution in [2.24, 2.45) is 0 Å². The van der Waals surface area contributed by atoms with Gasteiger partial charge in [-0.25, -0.2) is 0 Å². The molecule has 1 aliphatic rings. The highest BCUT2D eigenvalue weighted by atomic mass is 79.9. The molecule has 1 aliphatic heterocycles. The first-order valence-corrected chi connectivity index (χ1v) is 6.73. The van der Waals surface area contributed by atoms with Crippen molar-refractivity contribution in [1.29, 1.82) is 0 Å². The maximum absolute atomic E-state index is 5.84. The minimum atomic E-state index is -0.0255. The molecule has 1 fully saturated rings. The zero-order valence-corrected chi connectivity index (χ0v) is 11.3. The zero-order chi connectivity index (χ0) is 12.4. The Bertz CT molecular complexity index is 509. The number of nitrogens with zero attached hydrogens (tertiary/aromatic N) is 3. The van der Waals surface area contributed by atoms with E-state index in [9.17, 15) is 0 Å². The predicted molar refractivity (Wildman–Crippen MR) is 69.0 cm³/mol. The van der Waals surface area contributed by atoms with Crippen molar-refractivity contribution in [1.82, 2.24) is 20.6 Å². The van der Waals surface area contributed by atoms with E-state index in [2.05, 4.69) is 54.8 Å². The average Bonchev–Trinajstić information content (AvgIpc) is 2.94. The summed E-state index contributed by atoms with van der Waals surface area (Å²) in [5.41, 5.74) is 1.31. The Kier molecular flexibility index (Phi) is 3.38. The Morgan fingerprint density at radius 3 is 2.83 bits per heavy atom. The molecule has 3 rings (SSSR count). The minimum absolute atomic E-state index is 0.0255. The minimum Gasteiger partial charge on any atom is -0.369 e. The number of H-pyrrole nitrogens is 1. The molecule has 2 atom stereocenters. The van der Waals surface area contributed by atoms with Crippen molar-refractivity contribution in [2.75, 3.05) is 6.61 Å². The maximum atomic E-state index is 5.84. The standard InChI is InChI=1S/C12H13BrN4O/c13-10-4-2-1-3-9(10)8-5-6-11(18-7-8)12-14-16-17-15-12/h1-4,8,11H,5-7H2,(H,14,15,16,17). The SMILES string of the molecule is Brc1ccccc1C1CCC(c2nn[nH]n2)OC1. The molecule has 5 nitrogen and oxygen atoms in total. The molecule has 0 saturated carbocycles. The van der Waals surface area contributed by atoms with Gasteiger partial charge in [0.2, 0.25) is 5.82 Å². The smallest absolute Gasteiger partial charge is 0.203 e. The van der Waals surface area contributed by atoms with Crippen LogP contribution in [0.2, 0.25) is 0 Å². The van der Waals surface area contributed by atoms with E-state index < -0.39 is 0 Å². The summed E-state index contributed by atoms with van der Waals surface area (Å²) in [6.07, 6.45) is 1.97. The summed E-state index contributed by atoms with van der Waals surface area (Å²) < 4.78 is 6.99. The largest absolute Gasteiger partial charge is 0.369 e. The van der Waals surface area contributed by atoms with Crippen LogP contribution in [0.5, 0.6) is 0 Å². The van der Waals surface area contributed by atoms with Gasteiger partial charge in [-0.1, -0.05) is 39.3 Å². The van der Waals surface area contributed by atoms with Crippen LogP contribution in [0.25, 0.3) is 0 Å². The topological polar surface area (TPSA) is 63.7 Å². The van der Waals surface area contributed by atoms with Gasteiger partial charge < -0.3 is 4.74 Å². The third kappa shape index (κ3) is 2.30. The van der Waals surface area contributed by atoms with Crippen LogP contribution in [0.3, 0.4) is 0 Å². The normalized spacial score (nSPS) is 24.1. The predicted octanol–water partition coefficient (Wildman–Crippen LogP) is 2.60. The maximum Gasteiger partial charge on any atom is 0.203 e. The van der Waals surface area contributed by atoms with Gasteiger partial charge in [0.05, 0.1) is 6.61 Å². The highest BCUT2D eigenvalue weighted by Crippen LogP contribution is 2.36. The second-order valence-electron chi connectivity index (χ2n) is 4.39. The van der Waals surface area contributed by atoms with Crippen LogP contribution in [0, 0.1) is 0 Å². The van der Waals surface area contributed by atoms with Crippen molar-refractivity contribution in [3.63, 3.8) is 0 Å². The van der Waals surface area contributed by atoms with Crippen molar-refractivity contribution in [2.45, 2.75) is 24.9 Å². The van der Waals surface area contributed by atoms with Crippen LogP contribution < -0.4 is 0 Å². The number of hydrogen-bond donors (Lipinski definition) is 1. The van der Waals surface area contributed by atoms with Gasteiger partial charge in [-0.2, -0.15) is 5.21 Å². The van der Waals surface area contributed by atoms with E-state index in [1.54, 1.807) is 0 Å². The summed E-state index contributed by atoms with van der Waals surface area (Å²) in [6, 6.07) is 8.30. The third-order valence-corrected chi connectivity index (χ3v) is 3.99. The molecule has 0 aliphatic carbocycles. The number of halogens is 1. The van der Waals surface area contributed by atoms with Crippen LogP contribution in [-0.4, -0.2) is 27.2 Å². The fourth-order valence-corrected chi connectivity index (χ4v) is 2.92. The lowest BCUT2D eigenvalue weighted by molar-refractivity contribution is -0.00290. The molecule has 6 heteroatoms. The lowest BCUT2D eigenvalue weighted by Crippen LogP contribution is -2.20. The molecule has 1 saturated heterocycles. The molecule has 1 aromatic carbocycles. The van der Waals surface area contributed by atoms with Gasteiger partial charge in [0, 0.05) is 10.4 Å². The lowest BCUT2D eigenvalue weighted by atomic mass is 9.91. The van der Waals surface area contributed by atoms with E-state index in [4.69, 9.17) is 4.74 Å². The van der Waals surface area contributed by atoms with Crippen molar-refractivity contribution >= 4 is 15.9 Å². The Labute approximate surface area is 113 Å². The Balaban J connectivity index is 1.69. The fraction of sp³-hybridized carbons (Fsp3) is 0.417. The van der Waals surface area contributed by atoms with Crippen LogP contribution in [0.15, 0.2) is 28.7 Å². The molecule has 0 radical (unpaired) electrons. The Morgan fingerprint density at radius 1 is 1.28 bits per heavy atom. The first-order chi connectivity index (χ1) is 8.84. The average molecular weight is 309 g/mol. The summed E-state index contributed by atoms with van der Waals surface area (Å²) in [5.74, 6) is 1.09. The second kappa shape index (κ2) is 5.16. The molecule has 1 aromatic heterocycles. The molecule has 0 amide bonds. The van der Waals surface area contributed by atoms with E-state index in [0.29, 0.717) is 18.3 Å². The number of ether oxygens (including phenoxy) is 1. The van der Waals surface area contributed by atoms with E-state index in [-0.39, 0.29) is 6.10 Å². The number of rotatable bonds is 2. The third-order valence-electron chi connectivity index (χ3n) is 3.27. The van der Waals surface area contributed by atoms with Crippen LogP contribution in [0.4, 0.5) is 0 Å². The first-order valence-electron chi connectivity index (χ1n) is 5.94. The van der Waals surface area contributed by atoms with Crippen LogP contribution in [-0.2, 0) is 4.74 Å². The van der Waals surface area contributed by atoms with Crippen LogP contribution in [0.1, 0.15) is 36.3 Å². The zero-order valence-electron chi connectivity index (χ0n) is 9.71. The Morgan fingerprint density at radius 2 is 2.17 bits per heavy atom. The number of nitrogens with one attached hydrogen (secondary N) is 1. The summed E-state index contributed by atoms with van der Waals surface area (Å²) in [7, 11) is 0. The molecule has 0 spiro atoms. The van der Waals surface area contributed by atoms with Gasteiger partial charge in [-0.3, -0.25) is 0 Å². The van der Waals surface area contributed by atoms with Gasteiger partial charge in [-0.05, 0) is 24.5 Å².